The van der Waals surface area contributed by atoms with E-state index in [0.29, 0.717) is 25.1 Å². The zero-order chi connectivity index (χ0) is 20.7. The topological polar surface area (TPSA) is 92.6 Å². The van der Waals surface area contributed by atoms with E-state index in [1.165, 1.54) is 16.7 Å². The average molecular weight is 391 g/mol. The first-order valence-corrected chi connectivity index (χ1v) is 9.25. The zero-order valence-corrected chi connectivity index (χ0v) is 16.3. The van der Waals surface area contributed by atoms with Gasteiger partial charge in [-0.15, -0.1) is 0 Å². The molecule has 0 radical (unpaired) electrons. The smallest absolute Gasteiger partial charge is 0.278 e. The van der Waals surface area contributed by atoms with Gasteiger partial charge in [-0.25, -0.2) is 9.87 Å². The largest absolute Gasteiger partial charge is 0.396 e. The normalized spacial score (nSPS) is 10.8. The third kappa shape index (κ3) is 4.96. The van der Waals surface area contributed by atoms with Crippen LogP contribution in [0.1, 0.15) is 41.9 Å². The molecule has 3 N–H and O–H groups in total. The van der Waals surface area contributed by atoms with Gasteiger partial charge in [-0.1, -0.05) is 13.0 Å². The number of hydrogen-bond donors (Lipinski definition) is 3. The number of nitrogens with one attached hydrogen (secondary N) is 2. The van der Waals surface area contributed by atoms with E-state index in [-0.39, 0.29) is 35.7 Å². The van der Waals surface area contributed by atoms with Crippen molar-refractivity contribution in [3.05, 3.63) is 57.3 Å². The number of benzene rings is 1. The van der Waals surface area contributed by atoms with Crippen LogP contribution in [0.5, 0.6) is 0 Å². The van der Waals surface area contributed by atoms with Crippen molar-refractivity contribution in [3.63, 3.8) is 0 Å². The first kappa shape index (κ1) is 21.6. The van der Waals surface area contributed by atoms with Crippen LogP contribution in [0.2, 0.25) is 0 Å². The molecule has 7 nitrogen and oxygen atoms in total. The van der Waals surface area contributed by atoms with Gasteiger partial charge in [0.25, 0.3) is 11.5 Å². The van der Waals surface area contributed by atoms with Crippen molar-refractivity contribution in [3.8, 4) is 0 Å². The molecule has 0 aliphatic carbocycles. The molecule has 0 saturated carbocycles. The van der Waals surface area contributed by atoms with E-state index in [0.717, 1.165) is 5.56 Å². The SMILES string of the molecule is CCc1c(C(=O)NOCCCO)c(Nc2ccc(C)cc2F)cc(=O)n1CC. The number of aliphatic hydroxyl groups excluding tert-OH is 1. The predicted molar refractivity (Wildman–Crippen MR) is 105 cm³/mol. The summed E-state index contributed by atoms with van der Waals surface area (Å²) in [5.41, 5.74) is 3.91. The van der Waals surface area contributed by atoms with Crippen LogP contribution in [0.25, 0.3) is 0 Å². The van der Waals surface area contributed by atoms with E-state index >= 15 is 0 Å². The predicted octanol–water partition coefficient (Wildman–Crippen LogP) is 2.67. The Balaban J connectivity index is 2.49. The number of aliphatic hydroxyl groups is 1. The molecule has 2 rings (SSSR count). The number of pyridine rings is 1. The fourth-order valence-electron chi connectivity index (χ4n) is 2.93. The lowest BCUT2D eigenvalue weighted by molar-refractivity contribution is 0.0261. The number of carbonyl (C=O) groups is 1. The summed E-state index contributed by atoms with van der Waals surface area (Å²) in [5.74, 6) is -1.03. The van der Waals surface area contributed by atoms with Crippen molar-refractivity contribution < 1.29 is 19.1 Å². The van der Waals surface area contributed by atoms with E-state index in [4.69, 9.17) is 9.94 Å². The van der Waals surface area contributed by atoms with Crippen LogP contribution in [-0.4, -0.2) is 28.8 Å². The Morgan fingerprint density at radius 1 is 1.25 bits per heavy atom. The molecule has 0 aliphatic heterocycles. The third-order valence-corrected chi connectivity index (χ3v) is 4.26. The second kappa shape index (κ2) is 10.0. The minimum absolute atomic E-state index is 0.0592. The Morgan fingerprint density at radius 3 is 2.61 bits per heavy atom. The quantitative estimate of drug-likeness (QED) is 0.451. The van der Waals surface area contributed by atoms with Gasteiger partial charge in [-0.2, -0.15) is 0 Å². The number of halogens is 1. The maximum absolute atomic E-state index is 14.3. The fourth-order valence-corrected chi connectivity index (χ4v) is 2.93. The summed E-state index contributed by atoms with van der Waals surface area (Å²) in [4.78, 5) is 30.4. The maximum atomic E-state index is 14.3. The summed E-state index contributed by atoms with van der Waals surface area (Å²) in [5, 5.41) is 11.7. The van der Waals surface area contributed by atoms with E-state index in [9.17, 15) is 14.0 Å². The molecule has 1 heterocycles. The molecule has 1 amide bonds. The Hall–Kier alpha value is -2.71. The number of anilines is 2. The number of aryl methyl sites for hydroxylation is 1. The van der Waals surface area contributed by atoms with Gasteiger partial charge in [-0.05, 0) is 44.4 Å². The highest BCUT2D eigenvalue weighted by molar-refractivity contribution is 6.00. The van der Waals surface area contributed by atoms with Gasteiger partial charge in [0, 0.05) is 24.9 Å². The molecule has 1 aromatic heterocycles. The van der Waals surface area contributed by atoms with E-state index < -0.39 is 11.7 Å². The van der Waals surface area contributed by atoms with Crippen LogP contribution in [0.4, 0.5) is 15.8 Å². The van der Waals surface area contributed by atoms with Gasteiger partial charge in [0.1, 0.15) is 5.82 Å². The van der Waals surface area contributed by atoms with Crippen molar-refractivity contribution >= 4 is 17.3 Å². The second-order valence-electron chi connectivity index (χ2n) is 6.28. The molecule has 28 heavy (non-hydrogen) atoms. The second-order valence-corrected chi connectivity index (χ2v) is 6.28. The van der Waals surface area contributed by atoms with Crippen molar-refractivity contribution in [1.82, 2.24) is 10.0 Å². The lowest BCUT2D eigenvalue weighted by Gasteiger charge is -2.19. The number of carbonyl (C=O) groups excluding carboxylic acids is 1. The zero-order valence-electron chi connectivity index (χ0n) is 16.3. The molecule has 0 bridgehead atoms. The Morgan fingerprint density at radius 2 is 2.00 bits per heavy atom. The summed E-state index contributed by atoms with van der Waals surface area (Å²) < 4.78 is 15.8. The lowest BCUT2D eigenvalue weighted by atomic mass is 10.1. The number of rotatable bonds is 9. The van der Waals surface area contributed by atoms with Gasteiger partial charge < -0.3 is 15.0 Å². The standard InChI is InChI=1S/C20H26FN3O4/c1-4-17-19(20(27)23-28-10-6-9-25)16(12-18(26)24(17)5-2)22-15-8-7-13(3)11-14(15)21/h7-8,11-12,22,25H,4-6,9-10H2,1-3H3,(H,23,27). The fraction of sp³-hybridized carbons (Fsp3) is 0.400. The van der Waals surface area contributed by atoms with E-state index in [1.54, 1.807) is 19.1 Å². The molecule has 1 aromatic carbocycles. The number of amides is 1. The first-order valence-electron chi connectivity index (χ1n) is 9.25. The van der Waals surface area contributed by atoms with E-state index in [1.807, 2.05) is 13.8 Å². The van der Waals surface area contributed by atoms with Crippen LogP contribution in [0.15, 0.2) is 29.1 Å². The minimum atomic E-state index is -0.549. The highest BCUT2D eigenvalue weighted by Crippen LogP contribution is 2.25. The molecule has 8 heteroatoms. The molecule has 0 atom stereocenters. The number of aromatic nitrogens is 1. The third-order valence-electron chi connectivity index (χ3n) is 4.26. The van der Waals surface area contributed by atoms with Gasteiger partial charge in [0.15, 0.2) is 0 Å². The van der Waals surface area contributed by atoms with Gasteiger partial charge in [-0.3, -0.25) is 14.4 Å². The van der Waals surface area contributed by atoms with E-state index in [2.05, 4.69) is 10.8 Å². The number of nitrogens with zero attached hydrogens (tertiary/aromatic N) is 1. The summed E-state index contributed by atoms with van der Waals surface area (Å²) in [6.07, 6.45) is 0.795. The van der Waals surface area contributed by atoms with Gasteiger partial charge in [0.05, 0.1) is 23.5 Å². The van der Waals surface area contributed by atoms with Crippen molar-refractivity contribution in [2.24, 2.45) is 0 Å². The van der Waals surface area contributed by atoms with Crippen LogP contribution in [0, 0.1) is 12.7 Å². The summed E-state index contributed by atoms with van der Waals surface area (Å²) in [7, 11) is 0. The Labute approximate surface area is 163 Å². The number of hydroxylamine groups is 1. The lowest BCUT2D eigenvalue weighted by Crippen LogP contribution is -2.31. The van der Waals surface area contributed by atoms with Crippen LogP contribution >= 0.6 is 0 Å². The van der Waals surface area contributed by atoms with Crippen molar-refractivity contribution in [2.45, 2.75) is 40.2 Å². The molecule has 0 unspecified atom stereocenters. The molecule has 0 spiro atoms. The molecule has 0 aliphatic rings. The molecular formula is C20H26FN3O4. The summed E-state index contributed by atoms with van der Waals surface area (Å²) in [6, 6.07) is 5.94. The van der Waals surface area contributed by atoms with Gasteiger partial charge >= 0.3 is 0 Å². The molecule has 0 fully saturated rings. The minimum Gasteiger partial charge on any atom is -0.396 e. The van der Waals surface area contributed by atoms with Crippen LogP contribution in [-0.2, 0) is 17.8 Å². The average Bonchev–Trinajstić information content (AvgIpc) is 2.66. The first-order chi connectivity index (χ1) is 13.4. The Kier molecular flexibility index (Phi) is 7.71. The molecular weight excluding hydrogens is 365 g/mol. The molecule has 152 valence electrons. The summed E-state index contributed by atoms with van der Waals surface area (Å²) >= 11 is 0. The maximum Gasteiger partial charge on any atom is 0.278 e. The molecule has 2 aromatic rings. The van der Waals surface area contributed by atoms with Gasteiger partial charge in [0.2, 0.25) is 0 Å². The highest BCUT2D eigenvalue weighted by atomic mass is 19.1. The van der Waals surface area contributed by atoms with Crippen LogP contribution < -0.4 is 16.4 Å². The number of hydrogen-bond acceptors (Lipinski definition) is 5. The molecule has 0 saturated heterocycles. The highest BCUT2D eigenvalue weighted by Gasteiger charge is 2.21. The Bertz CT molecular complexity index is 896. The summed E-state index contributed by atoms with van der Waals surface area (Å²) in [6.45, 7) is 5.90. The van der Waals surface area contributed by atoms with Crippen molar-refractivity contribution in [2.75, 3.05) is 18.5 Å². The van der Waals surface area contributed by atoms with Crippen molar-refractivity contribution in [1.29, 1.82) is 0 Å². The van der Waals surface area contributed by atoms with Crippen LogP contribution in [0.3, 0.4) is 0 Å². The monoisotopic (exact) mass is 391 g/mol.